The number of hydrogen-bond acceptors (Lipinski definition) is 8. The maximum Gasteiger partial charge on any atom is 0.306 e. The Morgan fingerprint density at radius 1 is 0.456 bits per heavy atom. The zero-order valence-electron chi connectivity index (χ0n) is 45.3. The Kier molecular flexibility index (Phi) is 48.9. The van der Waals surface area contributed by atoms with E-state index in [0.717, 1.165) is 57.8 Å². The Morgan fingerprint density at radius 2 is 0.794 bits per heavy atom. The van der Waals surface area contributed by atoms with E-state index in [1.807, 2.05) is 21.1 Å². The Labute approximate surface area is 421 Å². The second-order valence-corrected chi connectivity index (χ2v) is 22.1. The Morgan fingerprint density at radius 3 is 1.19 bits per heavy atom. The zero-order valence-corrected chi connectivity index (χ0v) is 46.2. The molecule has 0 aromatic rings. The molecule has 0 spiro atoms. The lowest BCUT2D eigenvalue weighted by atomic mass is 10.0. The van der Waals surface area contributed by atoms with Crippen molar-refractivity contribution >= 4 is 19.8 Å². The number of nitrogens with zero attached hydrogens (tertiary/aromatic N) is 1. The first-order valence-corrected chi connectivity index (χ1v) is 30.2. The van der Waals surface area contributed by atoms with Gasteiger partial charge in [-0.15, -0.1) is 0 Å². The molecular formula is C58H110NO8P. The Balaban J connectivity index is 4.02. The second-order valence-electron chi connectivity index (χ2n) is 20.6. The molecule has 0 aliphatic carbocycles. The summed E-state index contributed by atoms with van der Waals surface area (Å²) >= 11 is 0. The first kappa shape index (κ1) is 66.2. The largest absolute Gasteiger partial charge is 0.756 e. The van der Waals surface area contributed by atoms with Gasteiger partial charge >= 0.3 is 11.9 Å². The molecule has 0 aromatic carbocycles. The third-order valence-corrected chi connectivity index (χ3v) is 13.6. The number of carbonyl (C=O) groups excluding carboxylic acids is 2. The molecule has 0 aromatic heterocycles. The van der Waals surface area contributed by atoms with Crippen LogP contribution in [0.5, 0.6) is 0 Å². The zero-order chi connectivity index (χ0) is 49.9. The van der Waals surface area contributed by atoms with E-state index >= 15 is 0 Å². The van der Waals surface area contributed by atoms with E-state index in [-0.39, 0.29) is 32.0 Å². The van der Waals surface area contributed by atoms with Gasteiger partial charge < -0.3 is 27.9 Å². The Hall–Kier alpha value is -1.77. The number of esters is 2. The van der Waals surface area contributed by atoms with Gasteiger partial charge in [-0.25, -0.2) is 0 Å². The fourth-order valence-corrected chi connectivity index (χ4v) is 8.88. The summed E-state index contributed by atoms with van der Waals surface area (Å²) in [4.78, 5) is 37.7. The SMILES string of the molecule is CCCCCC/C=C\CCCCCCCC(=O)OCC(COP(=O)([O-])OCC[N+](C)(C)C)OC(=O)CCCCCCCCCCCCCCCCCCCCC/C=C\C/C=C\CCCCCCC. The molecule has 0 amide bonds. The van der Waals surface area contributed by atoms with E-state index in [2.05, 4.69) is 50.3 Å². The van der Waals surface area contributed by atoms with Gasteiger partial charge in [-0.2, -0.15) is 0 Å². The second kappa shape index (κ2) is 50.2. The monoisotopic (exact) mass is 980 g/mol. The van der Waals surface area contributed by atoms with Gasteiger partial charge in [-0.05, 0) is 70.6 Å². The van der Waals surface area contributed by atoms with Crippen molar-refractivity contribution in [1.29, 1.82) is 0 Å². The number of hydrogen-bond donors (Lipinski definition) is 0. The molecule has 0 aliphatic heterocycles. The fourth-order valence-electron chi connectivity index (χ4n) is 8.15. The smallest absolute Gasteiger partial charge is 0.306 e. The predicted molar refractivity (Wildman–Crippen MR) is 287 cm³/mol. The molecule has 0 N–H and O–H groups in total. The summed E-state index contributed by atoms with van der Waals surface area (Å²) in [5.74, 6) is -0.833. The van der Waals surface area contributed by atoms with E-state index in [4.69, 9.17) is 18.5 Å². The summed E-state index contributed by atoms with van der Waals surface area (Å²) in [7, 11) is 1.17. The first-order chi connectivity index (χ1) is 33.0. The maximum absolute atomic E-state index is 12.8. The van der Waals surface area contributed by atoms with E-state index in [1.54, 1.807) is 0 Å². The molecule has 68 heavy (non-hydrogen) atoms. The highest BCUT2D eigenvalue weighted by atomic mass is 31.2. The predicted octanol–water partition coefficient (Wildman–Crippen LogP) is 17.0. The molecule has 0 saturated heterocycles. The van der Waals surface area contributed by atoms with Crippen LogP contribution in [0.4, 0.5) is 0 Å². The number of rotatable bonds is 53. The van der Waals surface area contributed by atoms with Crippen LogP contribution in [0.1, 0.15) is 271 Å². The van der Waals surface area contributed by atoms with Crippen LogP contribution in [0.2, 0.25) is 0 Å². The van der Waals surface area contributed by atoms with Gasteiger partial charge in [0.25, 0.3) is 7.82 Å². The number of likely N-dealkylation sites (N-methyl/N-ethyl adjacent to an activating group) is 1. The van der Waals surface area contributed by atoms with Crippen LogP contribution in [0.3, 0.4) is 0 Å². The average Bonchev–Trinajstić information content (AvgIpc) is 3.30. The minimum absolute atomic E-state index is 0.0305. The quantitative estimate of drug-likeness (QED) is 0.0195. The highest BCUT2D eigenvalue weighted by molar-refractivity contribution is 7.45. The lowest BCUT2D eigenvalue weighted by molar-refractivity contribution is -0.870. The van der Waals surface area contributed by atoms with Crippen molar-refractivity contribution in [2.45, 2.75) is 277 Å². The van der Waals surface area contributed by atoms with E-state index in [1.165, 1.54) is 180 Å². The summed E-state index contributed by atoms with van der Waals surface area (Å²) < 4.78 is 34.1. The first-order valence-electron chi connectivity index (χ1n) is 28.7. The van der Waals surface area contributed by atoms with Gasteiger partial charge in [0.15, 0.2) is 6.10 Å². The van der Waals surface area contributed by atoms with Gasteiger partial charge in [-0.3, -0.25) is 14.2 Å². The van der Waals surface area contributed by atoms with Gasteiger partial charge in [0.2, 0.25) is 0 Å². The third kappa shape index (κ3) is 53.6. The summed E-state index contributed by atoms with van der Waals surface area (Å²) in [6, 6.07) is 0. The molecule has 10 heteroatoms. The van der Waals surface area contributed by atoms with Gasteiger partial charge in [-0.1, -0.05) is 224 Å². The molecule has 2 atom stereocenters. The van der Waals surface area contributed by atoms with Crippen molar-refractivity contribution in [3.8, 4) is 0 Å². The number of phosphoric ester groups is 1. The molecule has 9 nitrogen and oxygen atoms in total. The van der Waals surface area contributed by atoms with Crippen LogP contribution >= 0.6 is 7.82 Å². The molecule has 400 valence electrons. The molecule has 0 saturated carbocycles. The number of unbranched alkanes of at least 4 members (excludes halogenated alkanes) is 33. The highest BCUT2D eigenvalue weighted by Crippen LogP contribution is 2.38. The number of quaternary nitrogens is 1. The van der Waals surface area contributed by atoms with Gasteiger partial charge in [0.1, 0.15) is 19.8 Å². The van der Waals surface area contributed by atoms with Crippen molar-refractivity contribution in [2.24, 2.45) is 0 Å². The van der Waals surface area contributed by atoms with E-state index in [0.29, 0.717) is 17.4 Å². The van der Waals surface area contributed by atoms with Crippen molar-refractivity contribution in [2.75, 3.05) is 47.5 Å². The molecular weight excluding hydrogens is 870 g/mol. The molecule has 0 radical (unpaired) electrons. The molecule has 0 rings (SSSR count). The third-order valence-electron chi connectivity index (χ3n) is 12.6. The molecule has 0 heterocycles. The molecule has 2 unspecified atom stereocenters. The minimum Gasteiger partial charge on any atom is -0.756 e. The number of phosphoric acid groups is 1. The van der Waals surface area contributed by atoms with Gasteiger partial charge in [0.05, 0.1) is 27.7 Å². The van der Waals surface area contributed by atoms with Crippen LogP contribution in [-0.4, -0.2) is 70.0 Å². The van der Waals surface area contributed by atoms with Crippen LogP contribution in [0, 0.1) is 0 Å². The molecule has 0 bridgehead atoms. The summed E-state index contributed by atoms with van der Waals surface area (Å²) in [5.41, 5.74) is 0. The summed E-state index contributed by atoms with van der Waals surface area (Å²) in [6.45, 7) is 4.23. The number of carbonyl (C=O) groups is 2. The average molecular weight is 980 g/mol. The van der Waals surface area contributed by atoms with Crippen molar-refractivity contribution in [3.05, 3.63) is 36.5 Å². The maximum atomic E-state index is 12.8. The standard InChI is InChI=1S/C58H110NO8P/c1-6-8-10-12-14-16-18-20-21-22-23-24-25-26-27-28-29-30-31-32-33-34-35-36-37-39-41-43-45-47-49-51-58(61)67-56(55-66-68(62,63)65-53-52-59(3,4)5)54-64-57(60)50-48-46-44-42-40-38-19-17-15-13-11-9-7-2/h17-20,22-23,56H,6-16,21,24-55H2,1-5H3/b19-17-,20-18-,23-22-. The number of ether oxygens (including phenoxy) is 2. The summed E-state index contributed by atoms with van der Waals surface area (Å²) in [5, 5.41) is 0. The van der Waals surface area contributed by atoms with Crippen molar-refractivity contribution in [1.82, 2.24) is 0 Å². The van der Waals surface area contributed by atoms with Gasteiger partial charge in [0, 0.05) is 12.8 Å². The highest BCUT2D eigenvalue weighted by Gasteiger charge is 2.22. The molecule has 0 aliphatic rings. The Bertz CT molecular complexity index is 1250. The van der Waals surface area contributed by atoms with Crippen LogP contribution in [0.25, 0.3) is 0 Å². The fraction of sp³-hybridized carbons (Fsp3) is 0.862. The normalized spacial score (nSPS) is 13.6. The summed E-state index contributed by atoms with van der Waals surface area (Å²) in [6.07, 6.45) is 60.6. The van der Waals surface area contributed by atoms with Crippen LogP contribution < -0.4 is 4.89 Å². The van der Waals surface area contributed by atoms with Crippen LogP contribution in [-0.2, 0) is 32.7 Å². The lowest BCUT2D eigenvalue weighted by Gasteiger charge is -2.28. The lowest BCUT2D eigenvalue weighted by Crippen LogP contribution is -2.37. The number of allylic oxidation sites excluding steroid dienone is 6. The van der Waals surface area contributed by atoms with Crippen molar-refractivity contribution in [3.63, 3.8) is 0 Å². The minimum atomic E-state index is -4.63. The van der Waals surface area contributed by atoms with E-state index < -0.39 is 26.5 Å². The van der Waals surface area contributed by atoms with Crippen LogP contribution in [0.15, 0.2) is 36.5 Å². The van der Waals surface area contributed by atoms with E-state index in [9.17, 15) is 19.0 Å². The van der Waals surface area contributed by atoms with Crippen molar-refractivity contribution < 1.29 is 42.1 Å². The topological polar surface area (TPSA) is 111 Å². The molecule has 0 fully saturated rings.